The number of nitrogens with zero attached hydrogens (tertiary/aromatic N) is 1. The number of carbonyl (C=O) groups is 2. The van der Waals surface area contributed by atoms with E-state index >= 15 is 0 Å². The third-order valence-corrected chi connectivity index (χ3v) is 6.01. The minimum Gasteiger partial charge on any atom is -0.454 e. The Kier molecular flexibility index (Phi) is 6.08. The molecule has 1 aromatic heterocycles. The summed E-state index contributed by atoms with van der Waals surface area (Å²) in [4.78, 5) is 29.5. The molecule has 30 heavy (non-hydrogen) atoms. The first kappa shape index (κ1) is 20.5. The number of hydrogen-bond acceptors (Lipinski definition) is 6. The van der Waals surface area contributed by atoms with Gasteiger partial charge in [0.05, 0.1) is 16.6 Å². The van der Waals surface area contributed by atoms with E-state index in [2.05, 4.69) is 15.6 Å². The van der Waals surface area contributed by atoms with Crippen LogP contribution in [-0.4, -0.2) is 30.1 Å². The first-order valence-electron chi connectivity index (χ1n) is 8.85. The second-order valence-corrected chi connectivity index (χ2v) is 8.22. The molecule has 0 fully saturated rings. The van der Waals surface area contributed by atoms with Crippen molar-refractivity contribution in [3.8, 4) is 11.5 Å². The summed E-state index contributed by atoms with van der Waals surface area (Å²) in [5.74, 6) is 0.315. The summed E-state index contributed by atoms with van der Waals surface area (Å²) < 4.78 is 10.5. The highest BCUT2D eigenvalue weighted by atomic mass is 35.5. The Balaban J connectivity index is 1.30. The summed E-state index contributed by atoms with van der Waals surface area (Å²) in [5, 5.41) is 6.67. The zero-order chi connectivity index (χ0) is 21.1. The molecule has 0 saturated carbocycles. The predicted octanol–water partition coefficient (Wildman–Crippen LogP) is 4.14. The van der Waals surface area contributed by atoms with Gasteiger partial charge in [-0.3, -0.25) is 9.59 Å². The van der Waals surface area contributed by atoms with Gasteiger partial charge < -0.3 is 20.1 Å². The van der Waals surface area contributed by atoms with E-state index in [1.54, 1.807) is 30.5 Å². The number of benzene rings is 2. The SMILES string of the molecule is O=C(CNC(=O)c1ccc2c(c1)OCO2)Nc1ncc(Cc2cccc(Cl)c2Cl)s1. The standard InChI is InChI=1S/C20H15Cl2N3O4S/c21-14-3-1-2-11(18(14)22)6-13-8-24-20(30-13)25-17(26)9-23-19(27)12-4-5-15-16(7-12)29-10-28-15/h1-5,7-8H,6,9-10H2,(H,23,27)(H,24,25,26). The average Bonchev–Trinajstić information content (AvgIpc) is 3.38. The highest BCUT2D eigenvalue weighted by Crippen LogP contribution is 2.32. The van der Waals surface area contributed by atoms with Gasteiger partial charge in [-0.05, 0) is 29.8 Å². The van der Waals surface area contributed by atoms with Crippen molar-refractivity contribution in [2.24, 2.45) is 0 Å². The molecule has 1 aliphatic rings. The Bertz CT molecular complexity index is 1120. The molecule has 2 heterocycles. The molecule has 0 spiro atoms. The smallest absolute Gasteiger partial charge is 0.251 e. The molecular weight excluding hydrogens is 449 g/mol. The fourth-order valence-electron chi connectivity index (χ4n) is 2.78. The van der Waals surface area contributed by atoms with Gasteiger partial charge >= 0.3 is 0 Å². The number of amides is 2. The minimum atomic E-state index is -0.390. The molecule has 154 valence electrons. The largest absolute Gasteiger partial charge is 0.454 e. The van der Waals surface area contributed by atoms with Crippen LogP contribution in [0, 0.1) is 0 Å². The number of anilines is 1. The van der Waals surface area contributed by atoms with Crippen molar-refractivity contribution in [2.75, 3.05) is 18.7 Å². The zero-order valence-electron chi connectivity index (χ0n) is 15.4. The van der Waals surface area contributed by atoms with Crippen molar-refractivity contribution in [1.29, 1.82) is 0 Å². The van der Waals surface area contributed by atoms with Gasteiger partial charge in [0.1, 0.15) is 0 Å². The number of ether oxygens (including phenoxy) is 2. The van der Waals surface area contributed by atoms with Crippen molar-refractivity contribution in [3.63, 3.8) is 0 Å². The first-order valence-corrected chi connectivity index (χ1v) is 10.4. The Morgan fingerprint density at radius 2 is 1.97 bits per heavy atom. The summed E-state index contributed by atoms with van der Waals surface area (Å²) in [6.45, 7) is -0.0650. The molecule has 0 aliphatic carbocycles. The number of thiazole rings is 1. The zero-order valence-corrected chi connectivity index (χ0v) is 17.7. The number of nitrogens with one attached hydrogen (secondary N) is 2. The van der Waals surface area contributed by atoms with Crippen LogP contribution in [0.5, 0.6) is 11.5 Å². The van der Waals surface area contributed by atoms with Crippen molar-refractivity contribution < 1.29 is 19.1 Å². The topological polar surface area (TPSA) is 89.6 Å². The van der Waals surface area contributed by atoms with Gasteiger partial charge in [-0.2, -0.15) is 0 Å². The van der Waals surface area contributed by atoms with Gasteiger partial charge in [-0.25, -0.2) is 4.98 Å². The van der Waals surface area contributed by atoms with E-state index in [0.29, 0.717) is 38.7 Å². The number of hydrogen-bond donors (Lipinski definition) is 2. The highest BCUT2D eigenvalue weighted by Gasteiger charge is 2.17. The van der Waals surface area contributed by atoms with E-state index in [-0.39, 0.29) is 25.2 Å². The lowest BCUT2D eigenvalue weighted by molar-refractivity contribution is -0.115. The van der Waals surface area contributed by atoms with Crippen LogP contribution in [-0.2, 0) is 11.2 Å². The third-order valence-electron chi connectivity index (χ3n) is 4.24. The van der Waals surface area contributed by atoms with Gasteiger partial charge in [-0.1, -0.05) is 35.3 Å². The summed E-state index contributed by atoms with van der Waals surface area (Å²) in [7, 11) is 0. The average molecular weight is 464 g/mol. The summed E-state index contributed by atoms with van der Waals surface area (Å²) in [6.07, 6.45) is 2.22. The number of halogens is 2. The van der Waals surface area contributed by atoms with E-state index in [1.165, 1.54) is 11.3 Å². The number of carbonyl (C=O) groups excluding carboxylic acids is 2. The van der Waals surface area contributed by atoms with Gasteiger partial charge in [0.15, 0.2) is 16.6 Å². The van der Waals surface area contributed by atoms with E-state index < -0.39 is 0 Å². The van der Waals surface area contributed by atoms with Gasteiger partial charge in [0.25, 0.3) is 5.91 Å². The Hall–Kier alpha value is -2.81. The second-order valence-electron chi connectivity index (χ2n) is 6.32. The van der Waals surface area contributed by atoms with Crippen molar-refractivity contribution in [1.82, 2.24) is 10.3 Å². The molecule has 2 N–H and O–H groups in total. The van der Waals surface area contributed by atoms with E-state index in [9.17, 15) is 9.59 Å². The summed E-state index contributed by atoms with van der Waals surface area (Å²) >= 11 is 13.6. The molecule has 10 heteroatoms. The first-order chi connectivity index (χ1) is 14.5. The Morgan fingerprint density at radius 3 is 2.83 bits per heavy atom. The molecule has 3 aromatic rings. The molecule has 2 aromatic carbocycles. The third kappa shape index (κ3) is 4.67. The fraction of sp³-hybridized carbons (Fsp3) is 0.150. The molecule has 0 bridgehead atoms. The maximum absolute atomic E-state index is 12.2. The van der Waals surface area contributed by atoms with Crippen LogP contribution in [0.3, 0.4) is 0 Å². The molecule has 2 amide bonds. The lowest BCUT2D eigenvalue weighted by atomic mass is 10.1. The monoisotopic (exact) mass is 463 g/mol. The maximum Gasteiger partial charge on any atom is 0.251 e. The van der Waals surface area contributed by atoms with Crippen LogP contribution in [0.4, 0.5) is 5.13 Å². The molecular formula is C20H15Cl2N3O4S. The molecule has 0 radical (unpaired) electrons. The van der Waals surface area contributed by atoms with Crippen LogP contribution < -0.4 is 20.1 Å². The van der Waals surface area contributed by atoms with Crippen LogP contribution in [0.1, 0.15) is 20.8 Å². The van der Waals surface area contributed by atoms with E-state index in [4.69, 9.17) is 32.7 Å². The van der Waals surface area contributed by atoms with Crippen molar-refractivity contribution >= 4 is 51.5 Å². The maximum atomic E-state index is 12.2. The molecule has 4 rings (SSSR count). The summed E-state index contributed by atoms with van der Waals surface area (Å²) in [5.41, 5.74) is 1.25. The van der Waals surface area contributed by atoms with Gasteiger partial charge in [0.2, 0.25) is 12.7 Å². The molecule has 0 atom stereocenters. The highest BCUT2D eigenvalue weighted by molar-refractivity contribution is 7.15. The van der Waals surface area contributed by atoms with Crippen molar-refractivity contribution in [2.45, 2.75) is 6.42 Å². The Morgan fingerprint density at radius 1 is 1.13 bits per heavy atom. The lowest BCUT2D eigenvalue weighted by Gasteiger charge is -2.06. The molecule has 0 saturated heterocycles. The summed E-state index contributed by atoms with van der Waals surface area (Å²) in [6, 6.07) is 10.3. The normalized spacial score (nSPS) is 11.9. The van der Waals surface area contributed by atoms with Gasteiger partial charge in [0, 0.05) is 23.1 Å². The van der Waals surface area contributed by atoms with Gasteiger partial charge in [-0.15, -0.1) is 11.3 Å². The number of fused-ring (bicyclic) bond motifs is 1. The molecule has 1 aliphatic heterocycles. The quantitative estimate of drug-likeness (QED) is 0.573. The van der Waals surface area contributed by atoms with Crippen LogP contribution in [0.25, 0.3) is 0 Å². The number of rotatable bonds is 6. The lowest BCUT2D eigenvalue weighted by Crippen LogP contribution is -2.32. The van der Waals surface area contributed by atoms with Crippen LogP contribution >= 0.6 is 34.5 Å². The molecule has 0 unspecified atom stereocenters. The fourth-order valence-corrected chi connectivity index (χ4v) is 4.02. The number of aromatic nitrogens is 1. The molecule has 7 nitrogen and oxygen atoms in total. The van der Waals surface area contributed by atoms with E-state index in [0.717, 1.165) is 10.4 Å². The Labute approximate surface area is 185 Å². The van der Waals surface area contributed by atoms with Crippen molar-refractivity contribution in [3.05, 3.63) is 68.6 Å². The van der Waals surface area contributed by atoms with E-state index in [1.807, 2.05) is 12.1 Å². The predicted molar refractivity (Wildman–Crippen MR) is 115 cm³/mol. The van der Waals surface area contributed by atoms with Crippen LogP contribution in [0.15, 0.2) is 42.6 Å². The second kappa shape index (κ2) is 8.91. The van der Waals surface area contributed by atoms with Crippen LogP contribution in [0.2, 0.25) is 10.0 Å². The minimum absolute atomic E-state index is 0.127.